The second-order valence-corrected chi connectivity index (χ2v) is 25.2. The summed E-state index contributed by atoms with van der Waals surface area (Å²) < 4.78 is 20.3. The van der Waals surface area contributed by atoms with E-state index in [1.54, 1.807) is 0 Å². The normalized spacial score (nSPS) is 26.9. The van der Waals surface area contributed by atoms with Gasteiger partial charge in [-0.25, -0.2) is 0 Å². The van der Waals surface area contributed by atoms with Crippen LogP contribution in [-0.2, 0) is 46.5 Å². The van der Waals surface area contributed by atoms with Crippen molar-refractivity contribution in [3.63, 3.8) is 0 Å². The predicted octanol–water partition coefficient (Wildman–Crippen LogP) is 10.9. The van der Waals surface area contributed by atoms with E-state index in [-0.39, 0.29) is 38.6 Å². The Balaban J connectivity index is 0.000000270. The van der Waals surface area contributed by atoms with Gasteiger partial charge in [-0.1, -0.05) is 133 Å². The SMILES string of the molecule is C=C1[C@H](C)C/C(=C/CP(=O)(c2ccccc2)c2ccccc2)C[C@H]1O.C[C@@H](CCCCO[Si](C)(C)C(C)(C)C)[C@H]1CC[C@H]2C(=O)CCC[C@]12C.[Y]. The fraction of sp³-hybridized carbons (Fsp3) is 0.614. The summed E-state index contributed by atoms with van der Waals surface area (Å²) in [6.45, 7) is 23.5. The van der Waals surface area contributed by atoms with Gasteiger partial charge < -0.3 is 14.1 Å². The van der Waals surface area contributed by atoms with Crippen molar-refractivity contribution in [1.29, 1.82) is 0 Å². The zero-order valence-corrected chi connectivity index (χ0v) is 37.9. The summed E-state index contributed by atoms with van der Waals surface area (Å²) in [5.41, 5.74) is 2.39. The third-order valence-corrected chi connectivity index (χ3v) is 20.5. The van der Waals surface area contributed by atoms with E-state index in [1.165, 1.54) is 37.7 Å². The Labute approximate surface area is 337 Å². The minimum atomic E-state index is -2.73. The molecule has 3 saturated carbocycles. The van der Waals surface area contributed by atoms with Gasteiger partial charge in [-0.15, -0.1) is 0 Å². The number of carbonyl (C=O) groups is 1. The van der Waals surface area contributed by atoms with Gasteiger partial charge in [0.25, 0.3) is 0 Å². The smallest absolute Gasteiger partial charge is 0.191 e. The summed E-state index contributed by atoms with van der Waals surface area (Å²) in [4.78, 5) is 12.3. The van der Waals surface area contributed by atoms with Crippen LogP contribution in [0.2, 0.25) is 18.1 Å². The molecule has 0 heterocycles. The quantitative estimate of drug-likeness (QED) is 0.106. The van der Waals surface area contributed by atoms with Crippen LogP contribution in [-0.4, -0.2) is 38.1 Å². The fourth-order valence-corrected chi connectivity index (χ4v) is 12.3. The van der Waals surface area contributed by atoms with Crippen LogP contribution in [0.25, 0.3) is 0 Å². The zero-order chi connectivity index (χ0) is 36.7. The molecule has 0 bridgehead atoms. The van der Waals surface area contributed by atoms with Crippen LogP contribution >= 0.6 is 7.14 Å². The number of carbonyl (C=O) groups excluding carboxylic acids is 1. The number of aliphatic hydroxyl groups excluding tert-OH is 1. The number of hydrogen-bond donors (Lipinski definition) is 1. The molecule has 0 aliphatic heterocycles. The first-order valence-corrected chi connectivity index (χ1v) is 24.2. The maximum absolute atomic E-state index is 14.0. The van der Waals surface area contributed by atoms with Crippen molar-refractivity contribution in [2.45, 2.75) is 130 Å². The van der Waals surface area contributed by atoms with Crippen molar-refractivity contribution in [2.24, 2.45) is 29.1 Å². The number of Topliss-reactive ketones (excluding diaryl/α,β-unsaturated/α-hetero) is 1. The summed E-state index contributed by atoms with van der Waals surface area (Å²) in [7, 11) is -4.31. The molecule has 0 unspecified atom stereocenters. The summed E-state index contributed by atoms with van der Waals surface area (Å²) >= 11 is 0. The summed E-state index contributed by atoms with van der Waals surface area (Å²) in [6.07, 6.45) is 13.0. The zero-order valence-electron chi connectivity index (χ0n) is 33.1. The van der Waals surface area contributed by atoms with Crippen molar-refractivity contribution in [3.05, 3.63) is 84.5 Å². The van der Waals surface area contributed by atoms with E-state index >= 15 is 0 Å². The van der Waals surface area contributed by atoms with Gasteiger partial charge in [-0.05, 0) is 91.8 Å². The molecule has 3 aliphatic carbocycles. The van der Waals surface area contributed by atoms with E-state index in [0.29, 0.717) is 34.7 Å². The van der Waals surface area contributed by atoms with Gasteiger partial charge in [0.15, 0.2) is 8.32 Å². The maximum atomic E-state index is 14.0. The van der Waals surface area contributed by atoms with Crippen LogP contribution in [0.1, 0.15) is 106 Å². The number of rotatable bonds is 11. The van der Waals surface area contributed by atoms with Crippen molar-refractivity contribution in [3.8, 4) is 0 Å². The Bertz CT molecular complexity index is 1440. The minimum Gasteiger partial charge on any atom is -0.417 e. The molecule has 1 N–H and O–H groups in total. The largest absolute Gasteiger partial charge is 0.417 e. The number of fused-ring (bicyclic) bond motifs is 1. The number of unbranched alkanes of at least 4 members (excludes halogenated alkanes) is 1. The van der Waals surface area contributed by atoms with Gasteiger partial charge in [0.2, 0.25) is 0 Å². The number of allylic oxidation sites excluding steroid dienone is 1. The van der Waals surface area contributed by atoms with E-state index in [0.717, 1.165) is 60.3 Å². The van der Waals surface area contributed by atoms with Crippen LogP contribution in [0.15, 0.2) is 84.5 Å². The molecule has 1 radical (unpaired) electrons. The molecule has 6 atom stereocenters. The Morgan fingerprint density at radius 2 is 1.61 bits per heavy atom. The molecule has 4 nitrogen and oxygen atoms in total. The monoisotopic (exact) mass is 807 g/mol. The summed E-state index contributed by atoms with van der Waals surface area (Å²) in [5, 5.41) is 12.2. The van der Waals surface area contributed by atoms with E-state index in [1.807, 2.05) is 60.7 Å². The molecule has 51 heavy (non-hydrogen) atoms. The second-order valence-electron chi connectivity index (χ2n) is 17.5. The van der Waals surface area contributed by atoms with Crippen LogP contribution in [0.3, 0.4) is 0 Å². The molecule has 0 saturated heterocycles. The molecule has 3 aliphatic rings. The molecule has 2 aromatic carbocycles. The molecular weight excluding hydrogens is 740 g/mol. The third-order valence-electron chi connectivity index (χ3n) is 13.0. The van der Waals surface area contributed by atoms with Crippen LogP contribution in [0.4, 0.5) is 0 Å². The molecular formula is C44H67O4PSiY. The maximum Gasteiger partial charge on any atom is 0.191 e. The average Bonchev–Trinajstić information content (AvgIpc) is 3.44. The minimum absolute atomic E-state index is 0. The van der Waals surface area contributed by atoms with Gasteiger partial charge >= 0.3 is 0 Å². The van der Waals surface area contributed by atoms with E-state index in [9.17, 15) is 14.5 Å². The molecule has 0 amide bonds. The number of ketones is 1. The average molecular weight is 808 g/mol. The van der Waals surface area contributed by atoms with Crippen molar-refractivity contribution < 1.29 is 51.6 Å². The molecule has 2 aromatic rings. The number of aliphatic hydroxyl groups is 1. The Hall–Kier alpha value is -0.939. The van der Waals surface area contributed by atoms with Crippen molar-refractivity contribution in [1.82, 2.24) is 0 Å². The van der Waals surface area contributed by atoms with Gasteiger partial charge in [-0.3, -0.25) is 4.79 Å². The van der Waals surface area contributed by atoms with Crippen molar-refractivity contribution in [2.75, 3.05) is 12.8 Å². The van der Waals surface area contributed by atoms with Crippen molar-refractivity contribution >= 4 is 31.9 Å². The van der Waals surface area contributed by atoms with Crippen LogP contribution in [0.5, 0.6) is 0 Å². The Kier molecular flexibility index (Phi) is 16.6. The van der Waals surface area contributed by atoms with Gasteiger partial charge in [0, 0.05) is 68.4 Å². The van der Waals surface area contributed by atoms with E-state index < -0.39 is 21.6 Å². The summed E-state index contributed by atoms with van der Waals surface area (Å²) in [5.74, 6) is 2.70. The predicted molar refractivity (Wildman–Crippen MR) is 216 cm³/mol. The first kappa shape index (κ1) is 44.5. The topological polar surface area (TPSA) is 63.6 Å². The molecule has 279 valence electrons. The number of benzene rings is 2. The molecule has 7 heteroatoms. The van der Waals surface area contributed by atoms with Gasteiger partial charge in [0.05, 0.1) is 6.10 Å². The Morgan fingerprint density at radius 1 is 1.02 bits per heavy atom. The number of hydrogen-bond acceptors (Lipinski definition) is 4. The fourth-order valence-electron chi connectivity index (χ4n) is 8.66. The van der Waals surface area contributed by atoms with Gasteiger partial charge in [0.1, 0.15) is 12.9 Å². The molecule has 3 fully saturated rings. The van der Waals surface area contributed by atoms with E-state index in [4.69, 9.17) is 4.43 Å². The third kappa shape index (κ3) is 11.1. The molecule has 0 spiro atoms. The van der Waals surface area contributed by atoms with Crippen LogP contribution < -0.4 is 10.6 Å². The first-order chi connectivity index (χ1) is 23.5. The second kappa shape index (κ2) is 19.1. The standard InChI is InChI=1S/C22H25O2P.C22H42O2Si.Y/c1-17-15-19(16-22(23)18(17)2)13-14-25(24,20-9-5-3-6-10-20)21-11-7-4-8-12-21;1-17(11-8-9-16-24-25(6,7)21(2,3)4)18-13-14-19-20(23)12-10-15-22(18,19)5;/h3-13,17,22-23H,2,14-16H2,1H3;17-19H,8-16H2,1-7H3;/b19-13-;;/t17-,22-;17-,18+,19-,22+;/m10./s1. The summed E-state index contributed by atoms with van der Waals surface area (Å²) in [6, 6.07) is 19.5. The first-order valence-electron chi connectivity index (χ1n) is 19.4. The molecule has 0 aromatic heterocycles. The molecule has 5 rings (SSSR count). The van der Waals surface area contributed by atoms with Crippen LogP contribution in [0, 0.1) is 29.1 Å². The Morgan fingerprint density at radius 3 is 2.16 bits per heavy atom. The van der Waals surface area contributed by atoms with Gasteiger partial charge in [-0.2, -0.15) is 0 Å². The van der Waals surface area contributed by atoms with E-state index in [2.05, 4.69) is 67.3 Å².